The smallest absolute Gasteiger partial charge is 0.315 e. The summed E-state index contributed by atoms with van der Waals surface area (Å²) in [6.45, 7) is 11.7. The van der Waals surface area contributed by atoms with Crippen LogP contribution in [0, 0.1) is 0 Å². The maximum atomic E-state index is 12.5. The van der Waals surface area contributed by atoms with Gasteiger partial charge in [0.05, 0.1) is 19.3 Å². The van der Waals surface area contributed by atoms with Crippen molar-refractivity contribution in [2.24, 2.45) is 0 Å². The fraction of sp³-hybridized carbons (Fsp3) is 0.522. The summed E-state index contributed by atoms with van der Waals surface area (Å²) >= 11 is 1.70. The monoisotopic (exact) mass is 430 g/mol. The molecular weight excluding hydrogens is 396 g/mol. The van der Waals surface area contributed by atoms with E-state index in [0.717, 1.165) is 51.5 Å². The SMILES string of the molecule is CCN(CC)C(CNC(=O)NCc1ccccc1CN1CCOCC1)c1ccsc1. The fourth-order valence-corrected chi connectivity index (χ4v) is 4.61. The number of amides is 2. The molecule has 1 aromatic carbocycles. The van der Waals surface area contributed by atoms with Crippen LogP contribution in [0.2, 0.25) is 0 Å². The van der Waals surface area contributed by atoms with E-state index >= 15 is 0 Å². The van der Waals surface area contributed by atoms with Crippen LogP contribution in [0.25, 0.3) is 0 Å². The highest BCUT2D eigenvalue weighted by Gasteiger charge is 2.19. The van der Waals surface area contributed by atoms with Gasteiger partial charge in [-0.2, -0.15) is 11.3 Å². The van der Waals surface area contributed by atoms with E-state index in [1.807, 2.05) is 6.07 Å². The molecule has 0 bridgehead atoms. The molecule has 0 aliphatic carbocycles. The first-order chi connectivity index (χ1) is 14.7. The molecule has 6 nitrogen and oxygen atoms in total. The number of likely N-dealkylation sites (N-methyl/N-ethyl adjacent to an activating group) is 1. The van der Waals surface area contributed by atoms with E-state index in [1.54, 1.807) is 11.3 Å². The van der Waals surface area contributed by atoms with Crippen LogP contribution in [0.15, 0.2) is 41.1 Å². The summed E-state index contributed by atoms with van der Waals surface area (Å²) < 4.78 is 5.44. The molecule has 0 spiro atoms. The Morgan fingerprint density at radius 2 is 1.87 bits per heavy atom. The predicted octanol–water partition coefficient (Wildman–Crippen LogP) is 3.46. The third kappa shape index (κ3) is 6.54. The van der Waals surface area contributed by atoms with Crippen molar-refractivity contribution in [3.8, 4) is 0 Å². The van der Waals surface area contributed by atoms with Crippen molar-refractivity contribution in [1.82, 2.24) is 20.4 Å². The highest BCUT2D eigenvalue weighted by molar-refractivity contribution is 7.07. The minimum Gasteiger partial charge on any atom is -0.379 e. The first kappa shape index (κ1) is 22.7. The van der Waals surface area contributed by atoms with Gasteiger partial charge in [0.25, 0.3) is 0 Å². The number of carbonyl (C=O) groups excluding carboxylic acids is 1. The number of nitrogens with one attached hydrogen (secondary N) is 2. The first-order valence-corrected chi connectivity index (χ1v) is 11.8. The second kappa shape index (κ2) is 12.1. The highest BCUT2D eigenvalue weighted by Crippen LogP contribution is 2.22. The number of urea groups is 1. The molecule has 1 atom stereocenters. The van der Waals surface area contributed by atoms with E-state index in [1.165, 1.54) is 11.1 Å². The molecule has 1 aromatic heterocycles. The topological polar surface area (TPSA) is 56.8 Å². The van der Waals surface area contributed by atoms with Gasteiger partial charge in [0.15, 0.2) is 0 Å². The number of morpholine rings is 1. The van der Waals surface area contributed by atoms with Crippen LogP contribution < -0.4 is 10.6 Å². The maximum absolute atomic E-state index is 12.5. The zero-order valence-electron chi connectivity index (χ0n) is 18.1. The molecule has 2 N–H and O–H groups in total. The van der Waals surface area contributed by atoms with E-state index in [9.17, 15) is 4.79 Å². The van der Waals surface area contributed by atoms with Crippen molar-refractivity contribution in [2.45, 2.75) is 33.0 Å². The van der Waals surface area contributed by atoms with Crippen LogP contribution in [0.1, 0.15) is 36.6 Å². The van der Waals surface area contributed by atoms with Crippen molar-refractivity contribution in [3.05, 3.63) is 57.8 Å². The lowest BCUT2D eigenvalue weighted by Gasteiger charge is -2.29. The second-order valence-electron chi connectivity index (χ2n) is 7.51. The van der Waals surface area contributed by atoms with Crippen molar-refractivity contribution < 1.29 is 9.53 Å². The quantitative estimate of drug-likeness (QED) is 0.606. The highest BCUT2D eigenvalue weighted by atomic mass is 32.1. The summed E-state index contributed by atoms with van der Waals surface area (Å²) in [4.78, 5) is 17.3. The number of hydrogen-bond acceptors (Lipinski definition) is 5. The van der Waals surface area contributed by atoms with Gasteiger partial charge < -0.3 is 15.4 Å². The van der Waals surface area contributed by atoms with Crippen molar-refractivity contribution >= 4 is 17.4 Å². The molecule has 2 amide bonds. The Hall–Kier alpha value is -1.93. The lowest BCUT2D eigenvalue weighted by atomic mass is 10.1. The zero-order valence-corrected chi connectivity index (χ0v) is 18.9. The van der Waals surface area contributed by atoms with Crippen LogP contribution in [0.5, 0.6) is 0 Å². The Balaban J connectivity index is 1.53. The third-order valence-corrected chi connectivity index (χ3v) is 6.39. The summed E-state index contributed by atoms with van der Waals surface area (Å²) in [5.41, 5.74) is 3.69. The standard InChI is InChI=1S/C23H34N4O2S/c1-3-27(4-2)22(21-9-14-30-18-21)16-25-23(28)24-15-19-7-5-6-8-20(19)17-26-10-12-29-13-11-26/h5-9,14,18,22H,3-4,10-13,15-17H2,1-2H3,(H2,24,25,28). The van der Waals surface area contributed by atoms with Crippen LogP contribution in [-0.4, -0.2) is 61.8 Å². The van der Waals surface area contributed by atoms with Gasteiger partial charge >= 0.3 is 6.03 Å². The second-order valence-corrected chi connectivity index (χ2v) is 8.29. The van der Waals surface area contributed by atoms with E-state index < -0.39 is 0 Å². The number of rotatable bonds is 10. The van der Waals surface area contributed by atoms with Crippen LogP contribution in [-0.2, 0) is 17.8 Å². The van der Waals surface area contributed by atoms with Gasteiger partial charge in [-0.15, -0.1) is 0 Å². The summed E-state index contributed by atoms with van der Waals surface area (Å²) in [7, 11) is 0. The molecule has 1 aliphatic rings. The molecule has 1 saturated heterocycles. The molecule has 1 unspecified atom stereocenters. The average molecular weight is 431 g/mol. The Kier molecular flexibility index (Phi) is 9.14. The summed E-state index contributed by atoms with van der Waals surface area (Å²) in [6.07, 6.45) is 0. The van der Waals surface area contributed by atoms with Gasteiger partial charge in [0.2, 0.25) is 0 Å². The summed E-state index contributed by atoms with van der Waals surface area (Å²) in [5.74, 6) is 0. The Morgan fingerprint density at radius 1 is 1.13 bits per heavy atom. The van der Waals surface area contributed by atoms with Gasteiger partial charge in [-0.25, -0.2) is 4.79 Å². The normalized spacial score (nSPS) is 15.8. The third-order valence-electron chi connectivity index (χ3n) is 5.69. The number of thiophene rings is 1. The summed E-state index contributed by atoms with van der Waals surface area (Å²) in [6, 6.07) is 10.6. The fourth-order valence-electron chi connectivity index (χ4n) is 3.90. The Labute approximate surface area is 184 Å². The van der Waals surface area contributed by atoms with Crippen molar-refractivity contribution in [3.63, 3.8) is 0 Å². The van der Waals surface area contributed by atoms with E-state index in [0.29, 0.717) is 13.1 Å². The van der Waals surface area contributed by atoms with E-state index in [2.05, 4.69) is 69.3 Å². The average Bonchev–Trinajstić information content (AvgIpc) is 3.31. The Morgan fingerprint density at radius 3 is 2.53 bits per heavy atom. The van der Waals surface area contributed by atoms with E-state index in [4.69, 9.17) is 4.74 Å². The van der Waals surface area contributed by atoms with Crippen LogP contribution in [0.3, 0.4) is 0 Å². The molecule has 7 heteroatoms. The molecule has 30 heavy (non-hydrogen) atoms. The largest absolute Gasteiger partial charge is 0.379 e. The van der Waals surface area contributed by atoms with E-state index in [-0.39, 0.29) is 12.1 Å². The first-order valence-electron chi connectivity index (χ1n) is 10.9. The van der Waals surface area contributed by atoms with Gasteiger partial charge in [0, 0.05) is 32.7 Å². The van der Waals surface area contributed by atoms with Crippen molar-refractivity contribution in [2.75, 3.05) is 45.9 Å². The van der Waals surface area contributed by atoms with Gasteiger partial charge in [-0.1, -0.05) is 38.1 Å². The molecule has 1 aliphatic heterocycles. The lowest BCUT2D eigenvalue weighted by molar-refractivity contribution is 0.0341. The molecular formula is C23H34N4O2S. The molecule has 0 radical (unpaired) electrons. The minimum atomic E-state index is -0.122. The maximum Gasteiger partial charge on any atom is 0.315 e. The Bertz CT molecular complexity index is 758. The van der Waals surface area contributed by atoms with Crippen molar-refractivity contribution in [1.29, 1.82) is 0 Å². The number of ether oxygens (including phenoxy) is 1. The minimum absolute atomic E-state index is 0.122. The lowest BCUT2D eigenvalue weighted by Crippen LogP contribution is -2.42. The van der Waals surface area contributed by atoms with Crippen LogP contribution >= 0.6 is 11.3 Å². The van der Waals surface area contributed by atoms with Crippen LogP contribution in [0.4, 0.5) is 4.79 Å². The number of hydrogen-bond donors (Lipinski definition) is 2. The number of nitrogens with zero attached hydrogens (tertiary/aromatic N) is 2. The number of carbonyl (C=O) groups is 1. The molecule has 1 fully saturated rings. The molecule has 0 saturated carbocycles. The van der Waals surface area contributed by atoms with Gasteiger partial charge in [-0.05, 0) is 46.6 Å². The molecule has 2 aromatic rings. The molecule has 164 valence electrons. The predicted molar refractivity (Wildman–Crippen MR) is 123 cm³/mol. The summed E-state index contributed by atoms with van der Waals surface area (Å²) in [5, 5.41) is 10.4. The van der Waals surface area contributed by atoms with Gasteiger partial charge in [-0.3, -0.25) is 9.80 Å². The molecule has 2 heterocycles. The van der Waals surface area contributed by atoms with Gasteiger partial charge in [0.1, 0.15) is 0 Å². The number of benzene rings is 1. The molecule has 3 rings (SSSR count). The zero-order chi connectivity index (χ0) is 21.2.